The first-order valence-electron chi connectivity index (χ1n) is 6.54. The van der Waals surface area contributed by atoms with Crippen LogP contribution in [0.1, 0.15) is 31.7 Å². The fourth-order valence-electron chi connectivity index (χ4n) is 1.71. The molecule has 0 saturated heterocycles. The van der Waals surface area contributed by atoms with Gasteiger partial charge in [0.2, 0.25) is 0 Å². The van der Waals surface area contributed by atoms with Gasteiger partial charge in [0.1, 0.15) is 12.4 Å². The van der Waals surface area contributed by atoms with Gasteiger partial charge in [0.15, 0.2) is 0 Å². The zero-order valence-corrected chi connectivity index (χ0v) is 11.6. The summed E-state index contributed by atoms with van der Waals surface area (Å²) in [5.74, 6) is 1.44. The molecule has 3 nitrogen and oxygen atoms in total. The summed E-state index contributed by atoms with van der Waals surface area (Å²) >= 11 is 0. The van der Waals surface area contributed by atoms with Gasteiger partial charge in [0.25, 0.3) is 0 Å². The van der Waals surface area contributed by atoms with E-state index < -0.39 is 0 Å². The highest BCUT2D eigenvalue weighted by Gasteiger charge is 2.06. The molecule has 0 atom stereocenters. The summed E-state index contributed by atoms with van der Waals surface area (Å²) in [6.07, 6.45) is 0.930. The SMILES string of the molecule is COCCCOCCOc1ccccc1C(C)C. The van der Waals surface area contributed by atoms with Crippen molar-refractivity contribution >= 4 is 0 Å². The maximum absolute atomic E-state index is 5.75. The number of methoxy groups -OCH3 is 1. The second kappa shape index (κ2) is 8.95. The quantitative estimate of drug-likeness (QED) is 0.631. The topological polar surface area (TPSA) is 27.7 Å². The Hall–Kier alpha value is -1.06. The highest BCUT2D eigenvalue weighted by atomic mass is 16.5. The van der Waals surface area contributed by atoms with Crippen molar-refractivity contribution in [1.82, 2.24) is 0 Å². The lowest BCUT2D eigenvalue weighted by Crippen LogP contribution is -2.09. The van der Waals surface area contributed by atoms with Gasteiger partial charge in [-0.15, -0.1) is 0 Å². The summed E-state index contributed by atoms with van der Waals surface area (Å²) in [5, 5.41) is 0. The van der Waals surface area contributed by atoms with Gasteiger partial charge in [0.05, 0.1) is 6.61 Å². The van der Waals surface area contributed by atoms with Crippen LogP contribution in [-0.4, -0.2) is 33.5 Å². The molecule has 0 aliphatic heterocycles. The number of benzene rings is 1. The maximum Gasteiger partial charge on any atom is 0.122 e. The third kappa shape index (κ3) is 5.52. The lowest BCUT2D eigenvalue weighted by molar-refractivity contribution is 0.0803. The predicted molar refractivity (Wildman–Crippen MR) is 73.3 cm³/mol. The summed E-state index contributed by atoms with van der Waals surface area (Å²) in [5.41, 5.74) is 1.25. The third-order valence-electron chi connectivity index (χ3n) is 2.66. The molecule has 0 bridgehead atoms. The van der Waals surface area contributed by atoms with Crippen molar-refractivity contribution in [3.63, 3.8) is 0 Å². The van der Waals surface area contributed by atoms with Crippen molar-refractivity contribution in [2.75, 3.05) is 33.5 Å². The van der Waals surface area contributed by atoms with E-state index in [0.29, 0.717) is 19.1 Å². The number of hydrogen-bond acceptors (Lipinski definition) is 3. The molecule has 0 unspecified atom stereocenters. The van der Waals surface area contributed by atoms with E-state index in [2.05, 4.69) is 19.9 Å². The molecular formula is C15H24O3. The largest absolute Gasteiger partial charge is 0.491 e. The lowest BCUT2D eigenvalue weighted by atomic mass is 10.0. The molecular weight excluding hydrogens is 228 g/mol. The molecule has 0 amide bonds. The lowest BCUT2D eigenvalue weighted by Gasteiger charge is -2.13. The maximum atomic E-state index is 5.75. The minimum Gasteiger partial charge on any atom is -0.491 e. The second-order valence-electron chi connectivity index (χ2n) is 4.50. The molecule has 0 radical (unpaired) electrons. The van der Waals surface area contributed by atoms with E-state index in [1.165, 1.54) is 5.56 Å². The number of hydrogen-bond donors (Lipinski definition) is 0. The highest BCUT2D eigenvalue weighted by Crippen LogP contribution is 2.25. The second-order valence-corrected chi connectivity index (χ2v) is 4.50. The van der Waals surface area contributed by atoms with Crippen molar-refractivity contribution in [2.45, 2.75) is 26.2 Å². The van der Waals surface area contributed by atoms with Crippen LogP contribution < -0.4 is 4.74 Å². The van der Waals surface area contributed by atoms with E-state index in [0.717, 1.165) is 25.4 Å². The Balaban J connectivity index is 2.23. The average Bonchev–Trinajstić information content (AvgIpc) is 2.38. The van der Waals surface area contributed by atoms with Gasteiger partial charge in [-0.1, -0.05) is 32.0 Å². The summed E-state index contributed by atoms with van der Waals surface area (Å²) in [6.45, 7) is 7.03. The van der Waals surface area contributed by atoms with Gasteiger partial charge in [-0.05, 0) is 24.0 Å². The standard InChI is InChI=1S/C15H24O3/c1-13(2)14-7-4-5-8-15(14)18-12-11-17-10-6-9-16-3/h4-5,7-8,13H,6,9-12H2,1-3H3. The fourth-order valence-corrected chi connectivity index (χ4v) is 1.71. The number of rotatable bonds is 9. The van der Waals surface area contributed by atoms with E-state index in [4.69, 9.17) is 14.2 Å². The highest BCUT2D eigenvalue weighted by molar-refractivity contribution is 5.35. The van der Waals surface area contributed by atoms with Gasteiger partial charge in [0, 0.05) is 20.3 Å². The molecule has 18 heavy (non-hydrogen) atoms. The molecule has 0 aromatic heterocycles. The minimum absolute atomic E-state index is 0.476. The molecule has 0 heterocycles. The predicted octanol–water partition coefficient (Wildman–Crippen LogP) is 3.24. The van der Waals surface area contributed by atoms with Crippen LogP contribution in [0.25, 0.3) is 0 Å². The first kappa shape index (κ1) is 15.0. The first-order chi connectivity index (χ1) is 8.75. The van der Waals surface area contributed by atoms with Crippen LogP contribution in [0.15, 0.2) is 24.3 Å². The molecule has 0 saturated carbocycles. The number of ether oxygens (including phenoxy) is 3. The fraction of sp³-hybridized carbons (Fsp3) is 0.600. The van der Waals surface area contributed by atoms with Crippen LogP contribution in [0.4, 0.5) is 0 Å². The zero-order chi connectivity index (χ0) is 13.2. The van der Waals surface area contributed by atoms with Crippen molar-refractivity contribution < 1.29 is 14.2 Å². The monoisotopic (exact) mass is 252 g/mol. The van der Waals surface area contributed by atoms with Crippen LogP contribution in [0.2, 0.25) is 0 Å². The van der Waals surface area contributed by atoms with Crippen molar-refractivity contribution in [3.05, 3.63) is 29.8 Å². The molecule has 0 spiro atoms. The van der Waals surface area contributed by atoms with E-state index in [9.17, 15) is 0 Å². The Labute approximate surface area is 110 Å². The van der Waals surface area contributed by atoms with E-state index in [-0.39, 0.29) is 0 Å². The molecule has 3 heteroatoms. The van der Waals surface area contributed by atoms with Gasteiger partial charge < -0.3 is 14.2 Å². The summed E-state index contributed by atoms with van der Waals surface area (Å²) in [4.78, 5) is 0. The molecule has 1 rings (SSSR count). The van der Waals surface area contributed by atoms with Crippen molar-refractivity contribution in [3.8, 4) is 5.75 Å². The van der Waals surface area contributed by atoms with Gasteiger partial charge >= 0.3 is 0 Å². The summed E-state index contributed by atoms with van der Waals surface area (Å²) in [7, 11) is 1.70. The minimum atomic E-state index is 0.476. The molecule has 0 fully saturated rings. The van der Waals surface area contributed by atoms with Gasteiger partial charge in [-0.25, -0.2) is 0 Å². The van der Waals surface area contributed by atoms with Crippen LogP contribution in [0.3, 0.4) is 0 Å². The van der Waals surface area contributed by atoms with Crippen LogP contribution in [-0.2, 0) is 9.47 Å². The molecule has 102 valence electrons. The van der Waals surface area contributed by atoms with Crippen LogP contribution in [0.5, 0.6) is 5.75 Å². The molecule has 0 aliphatic rings. The zero-order valence-electron chi connectivity index (χ0n) is 11.6. The van der Waals surface area contributed by atoms with Crippen molar-refractivity contribution in [2.24, 2.45) is 0 Å². The Morgan fingerprint density at radius 2 is 1.78 bits per heavy atom. The number of para-hydroxylation sites is 1. The Kier molecular flexibility index (Phi) is 7.46. The van der Waals surface area contributed by atoms with Crippen LogP contribution in [0, 0.1) is 0 Å². The van der Waals surface area contributed by atoms with E-state index >= 15 is 0 Å². The van der Waals surface area contributed by atoms with Crippen molar-refractivity contribution in [1.29, 1.82) is 0 Å². The summed E-state index contributed by atoms with van der Waals surface area (Å²) < 4.78 is 16.2. The normalized spacial score (nSPS) is 10.9. The van der Waals surface area contributed by atoms with Gasteiger partial charge in [-0.2, -0.15) is 0 Å². The Morgan fingerprint density at radius 3 is 2.50 bits per heavy atom. The smallest absolute Gasteiger partial charge is 0.122 e. The molecule has 0 aliphatic carbocycles. The average molecular weight is 252 g/mol. The summed E-state index contributed by atoms with van der Waals surface area (Å²) in [6, 6.07) is 8.17. The third-order valence-corrected chi connectivity index (χ3v) is 2.66. The van der Waals surface area contributed by atoms with Gasteiger partial charge in [-0.3, -0.25) is 0 Å². The molecule has 0 N–H and O–H groups in total. The molecule has 1 aromatic carbocycles. The Morgan fingerprint density at radius 1 is 1.00 bits per heavy atom. The Bertz CT molecular complexity index is 323. The molecule has 1 aromatic rings. The van der Waals surface area contributed by atoms with Crippen LogP contribution >= 0.6 is 0 Å². The van der Waals surface area contributed by atoms with E-state index in [1.807, 2.05) is 18.2 Å². The first-order valence-corrected chi connectivity index (χ1v) is 6.54. The van der Waals surface area contributed by atoms with E-state index in [1.54, 1.807) is 7.11 Å².